The number of carbonyl (C=O) groups excluding carboxylic acids is 2. The monoisotopic (exact) mass is 555 g/mol. The van der Waals surface area contributed by atoms with Gasteiger partial charge in [0.1, 0.15) is 12.6 Å². The molecule has 9 heteroatoms. The van der Waals surface area contributed by atoms with E-state index < -0.39 is 28.5 Å². The van der Waals surface area contributed by atoms with Crippen molar-refractivity contribution in [3.63, 3.8) is 0 Å². The Hall–Kier alpha value is -3.36. The zero-order valence-electron chi connectivity index (χ0n) is 22.1. The summed E-state index contributed by atoms with van der Waals surface area (Å²) in [5.74, 6) is -0.854. The minimum Gasteiger partial charge on any atom is -0.352 e. The van der Waals surface area contributed by atoms with E-state index in [0.29, 0.717) is 21.8 Å². The van der Waals surface area contributed by atoms with Gasteiger partial charge in [-0.3, -0.25) is 13.9 Å². The van der Waals surface area contributed by atoms with Crippen LogP contribution in [0.5, 0.6) is 0 Å². The van der Waals surface area contributed by atoms with E-state index in [1.807, 2.05) is 13.8 Å². The summed E-state index contributed by atoms with van der Waals surface area (Å²) >= 11 is 6.39. The number of hydrogen-bond donors (Lipinski definition) is 1. The lowest BCUT2D eigenvalue weighted by Crippen LogP contribution is -2.52. The van der Waals surface area contributed by atoms with Crippen LogP contribution in [0.25, 0.3) is 0 Å². The second-order valence-corrected chi connectivity index (χ2v) is 11.5. The summed E-state index contributed by atoms with van der Waals surface area (Å²) in [6, 6.07) is 21.1. The van der Waals surface area contributed by atoms with Gasteiger partial charge in [-0.1, -0.05) is 73.1 Å². The van der Waals surface area contributed by atoms with Crippen molar-refractivity contribution in [2.45, 2.75) is 57.6 Å². The maximum atomic E-state index is 13.9. The lowest BCUT2D eigenvalue weighted by Gasteiger charge is -2.33. The molecule has 0 aliphatic carbocycles. The minimum absolute atomic E-state index is 0.0423. The maximum Gasteiger partial charge on any atom is 0.264 e. The van der Waals surface area contributed by atoms with E-state index in [2.05, 4.69) is 5.32 Å². The van der Waals surface area contributed by atoms with Crippen molar-refractivity contribution >= 4 is 39.1 Å². The van der Waals surface area contributed by atoms with Crippen LogP contribution in [0.4, 0.5) is 5.69 Å². The molecule has 2 unspecified atom stereocenters. The molecular weight excluding hydrogens is 522 g/mol. The number of benzene rings is 3. The van der Waals surface area contributed by atoms with Crippen molar-refractivity contribution in [3.05, 3.63) is 95.0 Å². The van der Waals surface area contributed by atoms with E-state index >= 15 is 0 Å². The highest BCUT2D eigenvalue weighted by Crippen LogP contribution is 2.27. The molecule has 3 rings (SSSR count). The first kappa shape index (κ1) is 29.2. The highest BCUT2D eigenvalue weighted by molar-refractivity contribution is 7.92. The summed E-state index contributed by atoms with van der Waals surface area (Å²) in [6.07, 6.45) is 0.729. The van der Waals surface area contributed by atoms with Gasteiger partial charge in [0.2, 0.25) is 11.8 Å². The summed E-state index contributed by atoms with van der Waals surface area (Å²) in [5.41, 5.74) is 1.73. The predicted molar refractivity (Wildman–Crippen MR) is 152 cm³/mol. The number of nitrogens with zero attached hydrogens (tertiary/aromatic N) is 2. The highest BCUT2D eigenvalue weighted by Gasteiger charge is 2.33. The Balaban J connectivity index is 2.04. The molecular formula is C29H34ClN3O4S. The van der Waals surface area contributed by atoms with E-state index in [4.69, 9.17) is 11.6 Å². The standard InChI is InChI=1S/C29H34ClN3O4S/c1-5-22(3)31-29(35)23(4)32(19-24-14-10-11-17-26(24)30)28(34)20-33(27-18-12-9-13-21(27)2)38(36,37)25-15-7-6-8-16-25/h6-18,22-23H,5,19-20H2,1-4H3,(H,31,35). The molecule has 0 radical (unpaired) electrons. The van der Waals surface area contributed by atoms with E-state index in [1.54, 1.807) is 80.6 Å². The van der Waals surface area contributed by atoms with Gasteiger partial charge in [0.25, 0.3) is 10.0 Å². The van der Waals surface area contributed by atoms with Crippen LogP contribution in [0.1, 0.15) is 38.3 Å². The van der Waals surface area contributed by atoms with Crippen LogP contribution in [0.3, 0.4) is 0 Å². The van der Waals surface area contributed by atoms with Crippen molar-refractivity contribution in [1.29, 1.82) is 0 Å². The largest absolute Gasteiger partial charge is 0.352 e. The van der Waals surface area contributed by atoms with Crippen molar-refractivity contribution in [3.8, 4) is 0 Å². The Bertz CT molecular complexity index is 1370. The predicted octanol–water partition coefficient (Wildman–Crippen LogP) is 5.18. The fourth-order valence-electron chi connectivity index (χ4n) is 3.93. The number of nitrogens with one attached hydrogen (secondary N) is 1. The van der Waals surface area contributed by atoms with Crippen LogP contribution >= 0.6 is 11.6 Å². The Kier molecular flexibility index (Phi) is 9.94. The van der Waals surface area contributed by atoms with Gasteiger partial charge in [-0.25, -0.2) is 8.42 Å². The van der Waals surface area contributed by atoms with E-state index in [0.717, 1.165) is 10.7 Å². The number of halogens is 1. The second-order valence-electron chi connectivity index (χ2n) is 9.22. The molecule has 3 aromatic carbocycles. The van der Waals surface area contributed by atoms with Crippen LogP contribution in [-0.4, -0.2) is 43.8 Å². The number of amides is 2. The fraction of sp³-hybridized carbons (Fsp3) is 0.310. The molecule has 2 atom stereocenters. The smallest absolute Gasteiger partial charge is 0.264 e. The van der Waals surface area contributed by atoms with Crippen LogP contribution in [0.2, 0.25) is 5.02 Å². The van der Waals surface area contributed by atoms with Crippen molar-refractivity contribution in [1.82, 2.24) is 10.2 Å². The lowest BCUT2D eigenvalue weighted by atomic mass is 10.1. The van der Waals surface area contributed by atoms with Gasteiger partial charge in [0, 0.05) is 17.6 Å². The SMILES string of the molecule is CCC(C)NC(=O)C(C)N(Cc1ccccc1Cl)C(=O)CN(c1ccccc1C)S(=O)(=O)c1ccccc1. The molecule has 38 heavy (non-hydrogen) atoms. The number of sulfonamides is 1. The quantitative estimate of drug-likeness (QED) is 0.353. The van der Waals surface area contributed by atoms with Crippen molar-refractivity contribution < 1.29 is 18.0 Å². The topological polar surface area (TPSA) is 86.8 Å². The summed E-state index contributed by atoms with van der Waals surface area (Å²) in [7, 11) is -4.10. The van der Waals surface area contributed by atoms with Gasteiger partial charge < -0.3 is 10.2 Å². The Morgan fingerprint density at radius 1 is 0.921 bits per heavy atom. The van der Waals surface area contributed by atoms with E-state index in [1.165, 1.54) is 17.0 Å². The number of hydrogen-bond acceptors (Lipinski definition) is 4. The van der Waals surface area contributed by atoms with Crippen molar-refractivity contribution in [2.75, 3.05) is 10.8 Å². The Labute approximate surface area is 230 Å². The summed E-state index contributed by atoms with van der Waals surface area (Å²) < 4.78 is 28.7. The fourth-order valence-corrected chi connectivity index (χ4v) is 5.63. The first-order valence-electron chi connectivity index (χ1n) is 12.5. The molecule has 0 aromatic heterocycles. The lowest BCUT2D eigenvalue weighted by molar-refractivity contribution is -0.139. The van der Waals surface area contributed by atoms with Gasteiger partial charge in [0.05, 0.1) is 10.6 Å². The second kappa shape index (κ2) is 12.9. The molecule has 0 aliphatic heterocycles. The van der Waals surface area contributed by atoms with Gasteiger partial charge in [-0.15, -0.1) is 0 Å². The third-order valence-electron chi connectivity index (χ3n) is 6.46. The number of carbonyl (C=O) groups is 2. The highest BCUT2D eigenvalue weighted by atomic mass is 35.5. The van der Waals surface area contributed by atoms with Crippen LogP contribution in [-0.2, 0) is 26.2 Å². The van der Waals surface area contributed by atoms with E-state index in [-0.39, 0.29) is 23.4 Å². The number of rotatable bonds is 11. The molecule has 7 nitrogen and oxygen atoms in total. The van der Waals surface area contributed by atoms with Gasteiger partial charge in [-0.2, -0.15) is 0 Å². The molecule has 202 valence electrons. The number of para-hydroxylation sites is 1. The number of anilines is 1. The summed E-state index contributed by atoms with van der Waals surface area (Å²) in [6.45, 7) is 6.81. The minimum atomic E-state index is -4.10. The third kappa shape index (κ3) is 6.94. The first-order valence-corrected chi connectivity index (χ1v) is 14.3. The molecule has 0 saturated carbocycles. The molecule has 3 aromatic rings. The maximum absolute atomic E-state index is 13.9. The molecule has 1 N–H and O–H groups in total. The summed E-state index contributed by atoms with van der Waals surface area (Å²) in [4.78, 5) is 28.5. The molecule has 0 bridgehead atoms. The Morgan fingerprint density at radius 2 is 1.53 bits per heavy atom. The molecule has 0 fully saturated rings. The van der Waals surface area contributed by atoms with Gasteiger partial charge >= 0.3 is 0 Å². The molecule has 0 aliphatic rings. The zero-order chi connectivity index (χ0) is 27.9. The van der Waals surface area contributed by atoms with Crippen LogP contribution in [0, 0.1) is 6.92 Å². The normalized spacial score (nSPS) is 12.9. The zero-order valence-corrected chi connectivity index (χ0v) is 23.7. The average molecular weight is 556 g/mol. The van der Waals surface area contributed by atoms with Gasteiger partial charge in [0.15, 0.2) is 0 Å². The van der Waals surface area contributed by atoms with Gasteiger partial charge in [-0.05, 0) is 62.6 Å². The van der Waals surface area contributed by atoms with Crippen LogP contribution in [0.15, 0.2) is 83.8 Å². The molecule has 0 saturated heterocycles. The third-order valence-corrected chi connectivity index (χ3v) is 8.60. The first-order chi connectivity index (χ1) is 18.1. The van der Waals surface area contributed by atoms with E-state index in [9.17, 15) is 18.0 Å². The molecule has 0 spiro atoms. The Morgan fingerprint density at radius 3 is 2.16 bits per heavy atom. The number of aryl methyl sites for hydroxylation is 1. The van der Waals surface area contributed by atoms with Crippen LogP contribution < -0.4 is 9.62 Å². The van der Waals surface area contributed by atoms with Crippen molar-refractivity contribution in [2.24, 2.45) is 0 Å². The summed E-state index contributed by atoms with van der Waals surface area (Å²) in [5, 5.41) is 3.37. The molecule has 2 amide bonds. The average Bonchev–Trinajstić information content (AvgIpc) is 2.91. The molecule has 0 heterocycles.